The number of nitrogens with two attached hydrogens (primary N) is 1. The topological polar surface area (TPSA) is 26.0 Å². The molecule has 0 bridgehead atoms. The van der Waals surface area contributed by atoms with E-state index in [4.69, 9.17) is 5.73 Å². The molecule has 1 aliphatic rings. The molecule has 1 aliphatic carbocycles. The van der Waals surface area contributed by atoms with Gasteiger partial charge in [-0.2, -0.15) is 0 Å². The first kappa shape index (κ1) is 8.69. The fourth-order valence-electron chi connectivity index (χ4n) is 2.37. The van der Waals surface area contributed by atoms with E-state index >= 15 is 0 Å². The van der Waals surface area contributed by atoms with Gasteiger partial charge in [-0.15, -0.1) is 0 Å². The molecule has 0 saturated carbocycles. The lowest BCUT2D eigenvalue weighted by Gasteiger charge is -2.06. The summed E-state index contributed by atoms with van der Waals surface area (Å²) in [5.41, 5.74) is 12.6. The minimum atomic E-state index is 0.0519. The average Bonchev–Trinajstić information content (AvgIpc) is 2.54. The van der Waals surface area contributed by atoms with E-state index in [9.17, 15) is 0 Å². The van der Waals surface area contributed by atoms with Gasteiger partial charge in [0.1, 0.15) is 0 Å². The molecule has 0 heterocycles. The van der Waals surface area contributed by atoms with Crippen LogP contribution in [0.15, 0.2) is 42.5 Å². The van der Waals surface area contributed by atoms with Crippen molar-refractivity contribution in [1.82, 2.24) is 0 Å². The summed E-state index contributed by atoms with van der Waals surface area (Å²) in [6, 6.07) is 15.0. The number of aryl methyl sites for hydroxylation is 1. The zero-order valence-electron chi connectivity index (χ0n) is 8.70. The van der Waals surface area contributed by atoms with E-state index in [1.54, 1.807) is 0 Å². The molecule has 0 amide bonds. The standard InChI is InChI=1S/C14H13N/c1-9-6-7-11-10-4-2-3-5-12(10)14(15)13(11)8-9/h2-8,14H,15H2,1H3. The normalized spacial score (nSPS) is 17.3. The van der Waals surface area contributed by atoms with Crippen LogP contribution < -0.4 is 5.73 Å². The van der Waals surface area contributed by atoms with Crippen LogP contribution in [0.3, 0.4) is 0 Å². The van der Waals surface area contributed by atoms with Gasteiger partial charge in [-0.25, -0.2) is 0 Å². The van der Waals surface area contributed by atoms with E-state index in [1.165, 1.54) is 27.8 Å². The van der Waals surface area contributed by atoms with Crippen molar-refractivity contribution in [2.24, 2.45) is 5.73 Å². The predicted molar refractivity (Wildman–Crippen MR) is 62.6 cm³/mol. The Bertz CT molecular complexity index is 529. The SMILES string of the molecule is Cc1ccc2c(c1)C(N)c1ccccc1-2. The minimum Gasteiger partial charge on any atom is -0.320 e. The van der Waals surface area contributed by atoms with Gasteiger partial charge in [0.25, 0.3) is 0 Å². The Kier molecular flexibility index (Phi) is 1.70. The van der Waals surface area contributed by atoms with Gasteiger partial charge >= 0.3 is 0 Å². The van der Waals surface area contributed by atoms with E-state index in [0.29, 0.717) is 0 Å². The molecule has 2 aromatic rings. The summed E-state index contributed by atoms with van der Waals surface area (Å²) in [6.07, 6.45) is 0. The number of hydrogen-bond acceptors (Lipinski definition) is 1. The Balaban J connectivity index is 2.32. The average molecular weight is 195 g/mol. The highest BCUT2D eigenvalue weighted by Gasteiger charge is 2.24. The molecule has 1 atom stereocenters. The summed E-state index contributed by atoms with van der Waals surface area (Å²) < 4.78 is 0. The molecule has 1 unspecified atom stereocenters. The maximum atomic E-state index is 6.23. The van der Waals surface area contributed by atoms with Gasteiger partial charge in [0, 0.05) is 0 Å². The summed E-state index contributed by atoms with van der Waals surface area (Å²) >= 11 is 0. The van der Waals surface area contributed by atoms with Gasteiger partial charge in [0.15, 0.2) is 0 Å². The van der Waals surface area contributed by atoms with Crippen LogP contribution in [0.2, 0.25) is 0 Å². The monoisotopic (exact) mass is 195 g/mol. The second-order valence-corrected chi connectivity index (χ2v) is 4.16. The molecule has 2 N–H and O–H groups in total. The van der Waals surface area contributed by atoms with Gasteiger partial charge in [-0.3, -0.25) is 0 Å². The summed E-state index contributed by atoms with van der Waals surface area (Å²) in [5, 5.41) is 0. The fraction of sp³-hybridized carbons (Fsp3) is 0.143. The van der Waals surface area contributed by atoms with Crippen LogP contribution in [-0.2, 0) is 0 Å². The largest absolute Gasteiger partial charge is 0.320 e. The Morgan fingerprint density at radius 3 is 2.53 bits per heavy atom. The molecule has 0 saturated heterocycles. The zero-order valence-corrected chi connectivity index (χ0v) is 8.70. The molecule has 1 heteroatoms. The van der Waals surface area contributed by atoms with Gasteiger partial charge in [-0.1, -0.05) is 48.0 Å². The van der Waals surface area contributed by atoms with Crippen molar-refractivity contribution >= 4 is 0 Å². The van der Waals surface area contributed by atoms with Crippen molar-refractivity contribution in [2.45, 2.75) is 13.0 Å². The predicted octanol–water partition coefficient (Wildman–Crippen LogP) is 3.02. The molecule has 0 aliphatic heterocycles. The summed E-state index contributed by atoms with van der Waals surface area (Å²) in [5.74, 6) is 0. The van der Waals surface area contributed by atoms with Crippen LogP contribution in [0.1, 0.15) is 22.7 Å². The van der Waals surface area contributed by atoms with Crippen LogP contribution in [0.25, 0.3) is 11.1 Å². The van der Waals surface area contributed by atoms with E-state index in [1.807, 2.05) is 0 Å². The van der Waals surface area contributed by atoms with E-state index in [-0.39, 0.29) is 6.04 Å². The molecule has 3 rings (SSSR count). The molecule has 1 nitrogen and oxygen atoms in total. The highest BCUT2D eigenvalue weighted by atomic mass is 14.7. The summed E-state index contributed by atoms with van der Waals surface area (Å²) in [7, 11) is 0. The highest BCUT2D eigenvalue weighted by Crippen LogP contribution is 2.41. The van der Waals surface area contributed by atoms with Crippen LogP contribution >= 0.6 is 0 Å². The molecule has 0 radical (unpaired) electrons. The summed E-state index contributed by atoms with van der Waals surface area (Å²) in [4.78, 5) is 0. The third-order valence-corrected chi connectivity index (χ3v) is 3.13. The van der Waals surface area contributed by atoms with Crippen LogP contribution in [-0.4, -0.2) is 0 Å². The fourth-order valence-corrected chi connectivity index (χ4v) is 2.37. The third-order valence-electron chi connectivity index (χ3n) is 3.13. The van der Waals surface area contributed by atoms with Crippen molar-refractivity contribution in [1.29, 1.82) is 0 Å². The Morgan fingerprint density at radius 1 is 0.933 bits per heavy atom. The van der Waals surface area contributed by atoms with Crippen molar-refractivity contribution in [3.63, 3.8) is 0 Å². The first-order valence-corrected chi connectivity index (χ1v) is 5.23. The lowest BCUT2D eigenvalue weighted by molar-refractivity contribution is 0.899. The van der Waals surface area contributed by atoms with E-state index < -0.39 is 0 Å². The van der Waals surface area contributed by atoms with Crippen molar-refractivity contribution in [3.05, 3.63) is 59.2 Å². The minimum absolute atomic E-state index is 0.0519. The first-order valence-electron chi connectivity index (χ1n) is 5.23. The second-order valence-electron chi connectivity index (χ2n) is 4.16. The molecule has 74 valence electrons. The molecule has 0 aromatic heterocycles. The highest BCUT2D eigenvalue weighted by molar-refractivity contribution is 5.78. The van der Waals surface area contributed by atoms with Crippen molar-refractivity contribution in [3.8, 4) is 11.1 Å². The molecule has 15 heavy (non-hydrogen) atoms. The maximum absolute atomic E-state index is 6.23. The summed E-state index contributed by atoms with van der Waals surface area (Å²) in [6.45, 7) is 2.11. The van der Waals surface area contributed by atoms with Gasteiger partial charge < -0.3 is 5.73 Å². The lowest BCUT2D eigenvalue weighted by atomic mass is 10.0. The van der Waals surface area contributed by atoms with Gasteiger partial charge in [0.05, 0.1) is 6.04 Å². The van der Waals surface area contributed by atoms with Crippen molar-refractivity contribution < 1.29 is 0 Å². The Hall–Kier alpha value is -1.60. The Labute approximate surface area is 89.6 Å². The number of rotatable bonds is 0. The maximum Gasteiger partial charge on any atom is 0.0564 e. The molecule has 2 aromatic carbocycles. The van der Waals surface area contributed by atoms with Crippen LogP contribution in [0.4, 0.5) is 0 Å². The van der Waals surface area contributed by atoms with E-state index in [0.717, 1.165) is 0 Å². The number of fused-ring (bicyclic) bond motifs is 3. The number of benzene rings is 2. The first-order chi connectivity index (χ1) is 7.27. The number of hydrogen-bond donors (Lipinski definition) is 1. The van der Waals surface area contributed by atoms with Gasteiger partial charge in [-0.05, 0) is 29.2 Å². The Morgan fingerprint density at radius 2 is 1.67 bits per heavy atom. The van der Waals surface area contributed by atoms with Gasteiger partial charge in [0.2, 0.25) is 0 Å². The molecular formula is C14H13N. The molecule has 0 spiro atoms. The smallest absolute Gasteiger partial charge is 0.0564 e. The van der Waals surface area contributed by atoms with Crippen LogP contribution in [0.5, 0.6) is 0 Å². The van der Waals surface area contributed by atoms with Crippen LogP contribution in [0, 0.1) is 6.92 Å². The van der Waals surface area contributed by atoms with Crippen molar-refractivity contribution in [2.75, 3.05) is 0 Å². The second kappa shape index (κ2) is 2.94. The zero-order chi connectivity index (χ0) is 10.4. The van der Waals surface area contributed by atoms with E-state index in [2.05, 4.69) is 49.4 Å². The molecular weight excluding hydrogens is 182 g/mol. The third kappa shape index (κ3) is 1.13. The lowest BCUT2D eigenvalue weighted by Crippen LogP contribution is -2.07. The quantitative estimate of drug-likeness (QED) is 0.687. The molecule has 0 fully saturated rings.